The average molecular weight is 238 g/mol. The molecule has 0 bridgehead atoms. The average Bonchev–Trinajstić information content (AvgIpc) is 2.61. The van der Waals surface area contributed by atoms with E-state index in [1.807, 2.05) is 18.2 Å². The maximum absolute atomic E-state index is 10.6. The molecule has 0 radical (unpaired) electrons. The van der Waals surface area contributed by atoms with Crippen LogP contribution in [0.15, 0.2) is 24.3 Å². The van der Waals surface area contributed by atoms with Crippen molar-refractivity contribution in [1.29, 1.82) is 0 Å². The van der Waals surface area contributed by atoms with Crippen LogP contribution in [0.1, 0.15) is 17.5 Å². The molecule has 1 aliphatic rings. The van der Waals surface area contributed by atoms with Crippen LogP contribution in [0.5, 0.6) is 0 Å². The number of nitrogens with one attached hydrogen (secondary N) is 1. The first kappa shape index (κ1) is 11.3. The predicted molar refractivity (Wildman–Crippen MR) is 66.2 cm³/mol. The van der Waals surface area contributed by atoms with Crippen molar-refractivity contribution in [2.75, 3.05) is 11.3 Å². The Morgan fingerprint density at radius 1 is 1.50 bits per heavy atom. The van der Waals surface area contributed by atoms with E-state index in [0.717, 1.165) is 18.4 Å². The number of hydrogen-bond acceptors (Lipinski definition) is 2. The van der Waals surface area contributed by atoms with E-state index < -0.39 is 11.3 Å². The molecule has 1 aromatic rings. The van der Waals surface area contributed by atoms with Crippen LogP contribution >= 0.6 is 0 Å². The molecule has 1 unspecified atom stereocenters. The summed E-state index contributed by atoms with van der Waals surface area (Å²) in [4.78, 5) is 0. The molecule has 0 fully saturated rings. The van der Waals surface area contributed by atoms with Crippen molar-refractivity contribution in [2.45, 2.75) is 12.8 Å². The maximum atomic E-state index is 10.6. The first-order chi connectivity index (χ1) is 7.70. The molecule has 0 amide bonds. The second kappa shape index (κ2) is 4.78. The van der Waals surface area contributed by atoms with Gasteiger partial charge in [-0.1, -0.05) is 12.1 Å². The number of benzene rings is 1. The Morgan fingerprint density at radius 2 is 2.31 bits per heavy atom. The minimum Gasteiger partial charge on any atom is -0.330 e. The number of rotatable bonds is 4. The molecule has 1 aromatic carbocycles. The van der Waals surface area contributed by atoms with Gasteiger partial charge in [0.05, 0.1) is 0 Å². The number of allylic oxidation sites excluding steroid dienone is 1. The highest BCUT2D eigenvalue weighted by atomic mass is 32.2. The van der Waals surface area contributed by atoms with Crippen LogP contribution in [-0.2, 0) is 17.7 Å². The van der Waals surface area contributed by atoms with E-state index in [2.05, 4.69) is 10.8 Å². The molecule has 0 saturated carbocycles. The molecule has 4 N–H and O–H groups in total. The lowest BCUT2D eigenvalue weighted by Gasteiger charge is -2.07. The zero-order valence-corrected chi connectivity index (χ0v) is 9.59. The normalized spacial score (nSPS) is 15.5. The van der Waals surface area contributed by atoms with Gasteiger partial charge in [0.1, 0.15) is 0 Å². The highest BCUT2D eigenvalue weighted by Crippen LogP contribution is 2.31. The summed E-state index contributed by atoms with van der Waals surface area (Å²) in [6.07, 6.45) is 3.93. The number of hydrogen-bond donors (Lipinski definition) is 3. The molecule has 0 heterocycles. The van der Waals surface area contributed by atoms with Crippen LogP contribution < -0.4 is 10.5 Å². The van der Waals surface area contributed by atoms with Gasteiger partial charge in [-0.15, -0.1) is 0 Å². The fourth-order valence-corrected chi connectivity index (χ4v) is 2.28. The van der Waals surface area contributed by atoms with Crippen molar-refractivity contribution in [3.63, 3.8) is 0 Å². The minimum absolute atomic E-state index is 0.620. The summed E-state index contributed by atoms with van der Waals surface area (Å²) in [7, 11) is 0. The van der Waals surface area contributed by atoms with Crippen LogP contribution in [-0.4, -0.2) is 15.3 Å². The van der Waals surface area contributed by atoms with E-state index in [4.69, 9.17) is 10.3 Å². The van der Waals surface area contributed by atoms with E-state index in [0.29, 0.717) is 12.2 Å². The molecule has 0 aromatic heterocycles. The Bertz CT molecular complexity index is 457. The third-order valence-electron chi connectivity index (χ3n) is 2.64. The summed E-state index contributed by atoms with van der Waals surface area (Å²) in [5, 5.41) is 0. The molecule has 4 nitrogen and oxygen atoms in total. The van der Waals surface area contributed by atoms with Gasteiger partial charge in [-0.2, -0.15) is 0 Å². The highest BCUT2D eigenvalue weighted by molar-refractivity contribution is 7.80. The SMILES string of the molecule is NCCC1=CCc2ccc(NS(=O)O)cc21. The smallest absolute Gasteiger partial charge is 0.259 e. The largest absolute Gasteiger partial charge is 0.330 e. The molecular formula is C11H14N2O2S. The maximum Gasteiger partial charge on any atom is 0.259 e. The summed E-state index contributed by atoms with van der Waals surface area (Å²) in [5.41, 5.74) is 9.81. The molecule has 0 spiro atoms. The highest BCUT2D eigenvalue weighted by Gasteiger charge is 2.13. The van der Waals surface area contributed by atoms with Crippen molar-refractivity contribution < 1.29 is 8.76 Å². The quantitative estimate of drug-likeness (QED) is 0.696. The molecular weight excluding hydrogens is 224 g/mol. The molecule has 1 atom stereocenters. The van der Waals surface area contributed by atoms with Gasteiger partial charge in [-0.25, -0.2) is 4.21 Å². The molecule has 86 valence electrons. The standard InChI is InChI=1S/C11H14N2O2S/c12-6-5-9-2-1-8-3-4-10(7-11(8)9)13-16(14)15/h2-4,7,13H,1,5-6,12H2,(H,14,15). The zero-order chi connectivity index (χ0) is 11.5. The fraction of sp³-hybridized carbons (Fsp3) is 0.273. The van der Waals surface area contributed by atoms with Crippen molar-refractivity contribution in [3.8, 4) is 0 Å². The van der Waals surface area contributed by atoms with Crippen LogP contribution in [0, 0.1) is 0 Å². The Balaban J connectivity index is 2.27. The van der Waals surface area contributed by atoms with Crippen LogP contribution in [0.4, 0.5) is 5.69 Å². The van der Waals surface area contributed by atoms with Gasteiger partial charge in [-0.3, -0.25) is 9.27 Å². The van der Waals surface area contributed by atoms with Gasteiger partial charge >= 0.3 is 0 Å². The van der Waals surface area contributed by atoms with Gasteiger partial charge in [0, 0.05) is 5.69 Å². The van der Waals surface area contributed by atoms with Gasteiger partial charge < -0.3 is 5.73 Å². The summed E-state index contributed by atoms with van der Waals surface area (Å²) in [6.45, 7) is 0.620. The van der Waals surface area contributed by atoms with Gasteiger partial charge in [-0.05, 0) is 48.2 Å². The van der Waals surface area contributed by atoms with Gasteiger partial charge in [0.15, 0.2) is 0 Å². The van der Waals surface area contributed by atoms with Crippen molar-refractivity contribution in [1.82, 2.24) is 0 Å². The first-order valence-electron chi connectivity index (χ1n) is 5.10. The first-order valence-corrected chi connectivity index (χ1v) is 6.21. The van der Waals surface area contributed by atoms with Crippen LogP contribution in [0.25, 0.3) is 5.57 Å². The number of nitrogens with two attached hydrogens (primary N) is 1. The third kappa shape index (κ3) is 2.32. The third-order valence-corrected chi connectivity index (χ3v) is 3.05. The van der Waals surface area contributed by atoms with Crippen molar-refractivity contribution in [2.24, 2.45) is 5.73 Å². The second-order valence-electron chi connectivity index (χ2n) is 3.70. The zero-order valence-electron chi connectivity index (χ0n) is 8.77. The Morgan fingerprint density at radius 3 is 3.00 bits per heavy atom. The number of fused-ring (bicyclic) bond motifs is 1. The molecule has 0 aliphatic heterocycles. The second-order valence-corrected chi connectivity index (χ2v) is 4.40. The summed E-state index contributed by atoms with van der Waals surface area (Å²) in [6, 6.07) is 5.69. The molecule has 0 saturated heterocycles. The molecule has 1 aliphatic carbocycles. The lowest BCUT2D eigenvalue weighted by atomic mass is 10.0. The van der Waals surface area contributed by atoms with Crippen molar-refractivity contribution in [3.05, 3.63) is 35.4 Å². The fourth-order valence-electron chi connectivity index (χ4n) is 1.95. The Kier molecular flexibility index (Phi) is 3.38. The Labute approximate surface area is 97.0 Å². The summed E-state index contributed by atoms with van der Waals surface area (Å²) in [5.74, 6) is 0. The van der Waals surface area contributed by atoms with Gasteiger partial charge in [0.25, 0.3) is 11.3 Å². The Hall–Kier alpha value is -1.17. The monoisotopic (exact) mass is 238 g/mol. The lowest BCUT2D eigenvalue weighted by molar-refractivity contribution is 0.570. The molecule has 16 heavy (non-hydrogen) atoms. The van der Waals surface area contributed by atoms with Crippen LogP contribution in [0.2, 0.25) is 0 Å². The van der Waals surface area contributed by atoms with Gasteiger partial charge in [0.2, 0.25) is 0 Å². The molecule has 5 heteroatoms. The molecule has 2 rings (SSSR count). The van der Waals surface area contributed by atoms with Crippen molar-refractivity contribution >= 4 is 22.5 Å². The van der Waals surface area contributed by atoms with E-state index in [9.17, 15) is 4.21 Å². The lowest BCUT2D eigenvalue weighted by Crippen LogP contribution is -2.03. The summed E-state index contributed by atoms with van der Waals surface area (Å²) >= 11 is -2.02. The van der Waals surface area contributed by atoms with E-state index in [1.54, 1.807) is 0 Å². The van der Waals surface area contributed by atoms with E-state index in [-0.39, 0.29) is 0 Å². The number of anilines is 1. The predicted octanol–water partition coefficient (Wildman–Crippen LogP) is 1.52. The minimum atomic E-state index is -2.02. The summed E-state index contributed by atoms with van der Waals surface area (Å²) < 4.78 is 21.9. The van der Waals surface area contributed by atoms with E-state index >= 15 is 0 Å². The van der Waals surface area contributed by atoms with E-state index in [1.165, 1.54) is 11.1 Å². The van der Waals surface area contributed by atoms with Crippen LogP contribution in [0.3, 0.4) is 0 Å². The topological polar surface area (TPSA) is 75.3 Å².